The number of carbonyl (C=O) groups is 1. The predicted molar refractivity (Wildman–Crippen MR) is 94.5 cm³/mol. The van der Waals surface area contributed by atoms with Crippen molar-refractivity contribution in [2.45, 2.75) is 37.1 Å². The van der Waals surface area contributed by atoms with Crippen molar-refractivity contribution in [1.29, 1.82) is 0 Å². The van der Waals surface area contributed by atoms with Crippen molar-refractivity contribution in [3.8, 4) is 0 Å². The van der Waals surface area contributed by atoms with Gasteiger partial charge in [-0.2, -0.15) is 4.31 Å². The van der Waals surface area contributed by atoms with Crippen molar-refractivity contribution in [2.24, 2.45) is 5.92 Å². The van der Waals surface area contributed by atoms with Crippen molar-refractivity contribution in [3.63, 3.8) is 0 Å². The highest BCUT2D eigenvalue weighted by Crippen LogP contribution is 2.29. The van der Waals surface area contributed by atoms with E-state index >= 15 is 0 Å². The molecular formula is C18H24F2N2O4S. The van der Waals surface area contributed by atoms with E-state index in [0.29, 0.717) is 38.7 Å². The van der Waals surface area contributed by atoms with Crippen LogP contribution >= 0.6 is 0 Å². The van der Waals surface area contributed by atoms with Crippen molar-refractivity contribution >= 4 is 15.9 Å². The first kappa shape index (κ1) is 20.2. The number of hydrogen-bond donors (Lipinski definition) is 0. The van der Waals surface area contributed by atoms with Gasteiger partial charge in [0, 0.05) is 25.6 Å². The Balaban J connectivity index is 1.67. The summed E-state index contributed by atoms with van der Waals surface area (Å²) in [6.45, 7) is 5.74. The Morgan fingerprint density at radius 2 is 1.81 bits per heavy atom. The monoisotopic (exact) mass is 402 g/mol. The fourth-order valence-electron chi connectivity index (χ4n) is 3.62. The molecule has 0 aromatic heterocycles. The van der Waals surface area contributed by atoms with Gasteiger partial charge in [-0.15, -0.1) is 0 Å². The van der Waals surface area contributed by atoms with E-state index in [0.717, 1.165) is 12.1 Å². The molecule has 0 aliphatic carbocycles. The van der Waals surface area contributed by atoms with Crippen LogP contribution in [0.15, 0.2) is 23.1 Å². The number of rotatable bonds is 3. The van der Waals surface area contributed by atoms with Crippen LogP contribution in [0.25, 0.3) is 0 Å². The molecule has 0 saturated carbocycles. The quantitative estimate of drug-likeness (QED) is 0.776. The number of carbonyl (C=O) groups excluding carboxylic acids is 1. The average molecular weight is 402 g/mol. The molecule has 0 unspecified atom stereocenters. The molecule has 6 nitrogen and oxygen atoms in total. The normalized spacial score (nSPS) is 22.0. The van der Waals surface area contributed by atoms with E-state index in [4.69, 9.17) is 4.74 Å². The smallest absolute Gasteiger partial charge is 0.243 e. The number of piperidine rings is 1. The fourth-order valence-corrected chi connectivity index (χ4v) is 5.10. The van der Waals surface area contributed by atoms with Gasteiger partial charge < -0.3 is 9.64 Å². The maximum atomic E-state index is 13.4. The van der Waals surface area contributed by atoms with Gasteiger partial charge in [0.15, 0.2) is 11.6 Å². The maximum absolute atomic E-state index is 13.4. The third kappa shape index (κ3) is 4.00. The lowest BCUT2D eigenvalue weighted by atomic mass is 9.93. The maximum Gasteiger partial charge on any atom is 0.243 e. The van der Waals surface area contributed by atoms with Crippen LogP contribution in [0.4, 0.5) is 8.78 Å². The molecule has 1 aromatic rings. The zero-order valence-corrected chi connectivity index (χ0v) is 16.3. The third-order valence-corrected chi connectivity index (χ3v) is 7.14. The molecule has 27 heavy (non-hydrogen) atoms. The van der Waals surface area contributed by atoms with E-state index in [-0.39, 0.29) is 35.3 Å². The van der Waals surface area contributed by atoms with Crippen molar-refractivity contribution in [3.05, 3.63) is 29.8 Å². The zero-order valence-electron chi connectivity index (χ0n) is 15.5. The van der Waals surface area contributed by atoms with Gasteiger partial charge in [-0.1, -0.05) is 0 Å². The molecule has 1 amide bonds. The first-order valence-corrected chi connectivity index (χ1v) is 10.4. The summed E-state index contributed by atoms with van der Waals surface area (Å²) in [5.74, 6) is -2.52. The van der Waals surface area contributed by atoms with Gasteiger partial charge in [0.05, 0.1) is 23.6 Å². The topological polar surface area (TPSA) is 66.9 Å². The summed E-state index contributed by atoms with van der Waals surface area (Å²) in [5, 5.41) is 0. The summed E-state index contributed by atoms with van der Waals surface area (Å²) >= 11 is 0. The second-order valence-corrected chi connectivity index (χ2v) is 9.55. The number of ether oxygens (including phenoxy) is 1. The van der Waals surface area contributed by atoms with Gasteiger partial charge in [0.1, 0.15) is 0 Å². The largest absolute Gasteiger partial charge is 0.377 e. The molecule has 0 spiro atoms. The molecule has 2 saturated heterocycles. The minimum Gasteiger partial charge on any atom is -0.377 e. The van der Waals surface area contributed by atoms with E-state index in [1.54, 1.807) is 0 Å². The zero-order chi connectivity index (χ0) is 19.8. The molecule has 150 valence electrons. The van der Waals surface area contributed by atoms with Crippen LogP contribution in [0.2, 0.25) is 0 Å². The number of amides is 1. The minimum absolute atomic E-state index is 0.0215. The van der Waals surface area contributed by atoms with E-state index < -0.39 is 21.7 Å². The summed E-state index contributed by atoms with van der Waals surface area (Å²) in [5.41, 5.74) is -0.385. The highest BCUT2D eigenvalue weighted by atomic mass is 32.2. The molecule has 2 fully saturated rings. The SMILES string of the molecule is CC1(C)COCCN1C(=O)C1CCN(S(=O)(=O)c2ccc(F)c(F)c2)CC1. The number of halogens is 2. The van der Waals surface area contributed by atoms with Crippen LogP contribution < -0.4 is 0 Å². The molecule has 0 N–H and O–H groups in total. The standard InChI is InChI=1S/C18H24F2N2O4S/c1-18(2)12-26-10-9-22(18)17(23)13-5-7-21(8-6-13)27(24,25)14-3-4-15(19)16(20)11-14/h3-4,11,13H,5-10,12H2,1-2H3. The van der Waals surface area contributed by atoms with Crippen LogP contribution in [-0.4, -0.2) is 61.9 Å². The molecule has 3 rings (SSSR count). The Labute approximate surface area is 158 Å². The lowest BCUT2D eigenvalue weighted by molar-refractivity contribution is -0.151. The molecule has 2 aliphatic heterocycles. The van der Waals surface area contributed by atoms with Crippen molar-refractivity contribution < 1.29 is 26.7 Å². The first-order valence-electron chi connectivity index (χ1n) is 8.97. The Bertz CT molecular complexity index is 821. The Morgan fingerprint density at radius 1 is 1.15 bits per heavy atom. The summed E-state index contributed by atoms with van der Waals surface area (Å²) < 4.78 is 58.5. The molecular weight excluding hydrogens is 378 g/mol. The van der Waals surface area contributed by atoms with Crippen LogP contribution in [0.5, 0.6) is 0 Å². The summed E-state index contributed by atoms with van der Waals surface area (Å²) in [4.78, 5) is 14.4. The molecule has 9 heteroatoms. The lowest BCUT2D eigenvalue weighted by Crippen LogP contribution is -2.58. The van der Waals surface area contributed by atoms with E-state index in [1.165, 1.54) is 4.31 Å². The minimum atomic E-state index is -3.92. The summed E-state index contributed by atoms with van der Waals surface area (Å²) in [6, 6.07) is 2.55. The van der Waals surface area contributed by atoms with Gasteiger partial charge in [0.2, 0.25) is 15.9 Å². The van der Waals surface area contributed by atoms with Gasteiger partial charge in [-0.05, 0) is 44.9 Å². The number of sulfonamides is 1. The van der Waals surface area contributed by atoms with E-state index in [9.17, 15) is 22.0 Å². The molecule has 1 aromatic carbocycles. The Morgan fingerprint density at radius 3 is 2.41 bits per heavy atom. The molecule has 0 atom stereocenters. The third-order valence-electron chi connectivity index (χ3n) is 5.24. The summed E-state index contributed by atoms with van der Waals surface area (Å²) in [7, 11) is -3.92. The van der Waals surface area contributed by atoms with Crippen LogP contribution in [0.3, 0.4) is 0 Å². The number of nitrogens with zero attached hydrogens (tertiary/aromatic N) is 2. The first-order chi connectivity index (χ1) is 12.6. The van der Waals surface area contributed by atoms with Crippen LogP contribution in [-0.2, 0) is 19.6 Å². The van der Waals surface area contributed by atoms with Crippen molar-refractivity contribution in [2.75, 3.05) is 32.8 Å². The molecule has 2 aliphatic rings. The average Bonchev–Trinajstić information content (AvgIpc) is 2.63. The van der Waals surface area contributed by atoms with Gasteiger partial charge in [-0.3, -0.25) is 4.79 Å². The highest BCUT2D eigenvalue weighted by Gasteiger charge is 2.39. The highest BCUT2D eigenvalue weighted by molar-refractivity contribution is 7.89. The van der Waals surface area contributed by atoms with E-state index in [1.807, 2.05) is 18.7 Å². The molecule has 2 heterocycles. The fraction of sp³-hybridized carbons (Fsp3) is 0.611. The Kier molecular flexibility index (Phi) is 5.56. The number of benzene rings is 1. The lowest BCUT2D eigenvalue weighted by Gasteiger charge is -2.44. The van der Waals surface area contributed by atoms with Crippen molar-refractivity contribution in [1.82, 2.24) is 9.21 Å². The summed E-state index contributed by atoms with van der Waals surface area (Å²) in [6.07, 6.45) is 0.796. The number of hydrogen-bond acceptors (Lipinski definition) is 4. The molecule has 0 radical (unpaired) electrons. The van der Waals surface area contributed by atoms with Gasteiger partial charge in [0.25, 0.3) is 0 Å². The van der Waals surface area contributed by atoms with E-state index in [2.05, 4.69) is 0 Å². The second kappa shape index (κ2) is 7.44. The second-order valence-electron chi connectivity index (χ2n) is 7.61. The number of morpholine rings is 1. The Hall–Kier alpha value is -1.58. The van der Waals surface area contributed by atoms with Crippen LogP contribution in [0, 0.1) is 17.6 Å². The predicted octanol–water partition coefficient (Wildman–Crippen LogP) is 2.00. The van der Waals surface area contributed by atoms with Gasteiger partial charge in [-0.25, -0.2) is 17.2 Å². The molecule has 0 bridgehead atoms. The van der Waals surface area contributed by atoms with Gasteiger partial charge >= 0.3 is 0 Å². The van der Waals surface area contributed by atoms with Crippen LogP contribution in [0.1, 0.15) is 26.7 Å².